The Kier molecular flexibility index (Phi) is 6.95. The summed E-state index contributed by atoms with van der Waals surface area (Å²) < 4.78 is 47.2. The number of benzene rings is 2. The van der Waals surface area contributed by atoms with Crippen LogP contribution in [0.4, 0.5) is 13.2 Å². The van der Waals surface area contributed by atoms with Crippen LogP contribution in [0.5, 0.6) is 0 Å². The Labute approximate surface area is 165 Å². The first-order chi connectivity index (χ1) is 13.5. The minimum Gasteiger partial charge on any atom is -0.377 e. The van der Waals surface area contributed by atoms with Gasteiger partial charge in [0.25, 0.3) is 0 Å². The van der Waals surface area contributed by atoms with Crippen molar-refractivity contribution in [2.45, 2.75) is 52.1 Å². The Bertz CT molecular complexity index is 836. The molecule has 1 aliphatic rings. The van der Waals surface area contributed by atoms with Crippen LogP contribution in [0, 0.1) is 30.3 Å². The van der Waals surface area contributed by atoms with Gasteiger partial charge in [-0.25, -0.2) is 13.2 Å². The summed E-state index contributed by atoms with van der Waals surface area (Å²) in [6, 6.07) is 8.67. The van der Waals surface area contributed by atoms with Crippen molar-refractivity contribution < 1.29 is 17.9 Å². The SMILES string of the molecule is CCOCc1ccc(C2CCC(/C=C/c3ccc(C)c(F)c3F)CC2)cc1F. The molecule has 0 spiro atoms. The average Bonchev–Trinajstić information content (AvgIpc) is 2.71. The molecule has 1 nitrogen and oxygen atoms in total. The number of halogens is 3. The highest BCUT2D eigenvalue weighted by Gasteiger charge is 2.22. The first-order valence-electron chi connectivity index (χ1n) is 9.98. The molecule has 4 heteroatoms. The molecule has 0 unspecified atom stereocenters. The molecule has 150 valence electrons. The van der Waals surface area contributed by atoms with Crippen molar-refractivity contribution in [3.63, 3.8) is 0 Å². The number of ether oxygens (including phenoxy) is 1. The number of hydrogen-bond acceptors (Lipinski definition) is 1. The Morgan fingerprint density at radius 2 is 1.75 bits per heavy atom. The summed E-state index contributed by atoms with van der Waals surface area (Å²) in [4.78, 5) is 0. The van der Waals surface area contributed by atoms with Gasteiger partial charge >= 0.3 is 0 Å². The van der Waals surface area contributed by atoms with E-state index in [0.717, 1.165) is 31.2 Å². The molecule has 0 aromatic heterocycles. The summed E-state index contributed by atoms with van der Waals surface area (Å²) in [6.07, 6.45) is 7.51. The molecule has 0 radical (unpaired) electrons. The molecule has 2 aromatic carbocycles. The quantitative estimate of drug-likeness (QED) is 0.521. The lowest BCUT2D eigenvalue weighted by Crippen LogP contribution is -2.12. The molecule has 1 fully saturated rings. The Balaban J connectivity index is 1.59. The molecular formula is C24H27F3O. The van der Waals surface area contributed by atoms with E-state index in [4.69, 9.17) is 4.74 Å². The highest BCUT2D eigenvalue weighted by Crippen LogP contribution is 2.37. The van der Waals surface area contributed by atoms with Crippen molar-refractivity contribution in [2.75, 3.05) is 6.61 Å². The highest BCUT2D eigenvalue weighted by atomic mass is 19.2. The zero-order valence-electron chi connectivity index (χ0n) is 16.5. The Morgan fingerprint density at radius 1 is 1.00 bits per heavy atom. The third-order valence-corrected chi connectivity index (χ3v) is 5.64. The normalized spacial score (nSPS) is 20.0. The second-order valence-corrected chi connectivity index (χ2v) is 7.56. The average molecular weight is 388 g/mol. The maximum absolute atomic E-state index is 14.3. The zero-order chi connectivity index (χ0) is 20.1. The lowest BCUT2D eigenvalue weighted by atomic mass is 9.78. The minimum atomic E-state index is -0.785. The van der Waals surface area contributed by atoms with Crippen LogP contribution in [-0.4, -0.2) is 6.61 Å². The van der Waals surface area contributed by atoms with Crippen LogP contribution in [0.1, 0.15) is 60.8 Å². The van der Waals surface area contributed by atoms with Gasteiger partial charge in [0.1, 0.15) is 5.82 Å². The smallest absolute Gasteiger partial charge is 0.166 e. The molecule has 0 atom stereocenters. The molecule has 28 heavy (non-hydrogen) atoms. The van der Waals surface area contributed by atoms with E-state index in [0.29, 0.717) is 36.2 Å². The van der Waals surface area contributed by atoms with Gasteiger partial charge in [0.15, 0.2) is 11.6 Å². The maximum Gasteiger partial charge on any atom is 0.166 e. The number of hydrogen-bond donors (Lipinski definition) is 0. The molecule has 1 saturated carbocycles. The minimum absolute atomic E-state index is 0.204. The van der Waals surface area contributed by atoms with Crippen LogP contribution in [0.15, 0.2) is 36.4 Å². The summed E-state index contributed by atoms with van der Waals surface area (Å²) in [5.74, 6) is -1.09. The first kappa shape index (κ1) is 20.7. The molecule has 0 aliphatic heterocycles. The zero-order valence-corrected chi connectivity index (χ0v) is 16.5. The Hall–Kier alpha value is -2.07. The fourth-order valence-electron chi connectivity index (χ4n) is 3.82. The summed E-state index contributed by atoms with van der Waals surface area (Å²) in [6.45, 7) is 4.32. The maximum atomic E-state index is 14.3. The van der Waals surface area contributed by atoms with E-state index in [9.17, 15) is 13.2 Å². The van der Waals surface area contributed by atoms with Gasteiger partial charge in [0.05, 0.1) is 6.61 Å². The molecule has 0 bridgehead atoms. The summed E-state index contributed by atoms with van der Waals surface area (Å²) in [7, 11) is 0. The predicted octanol–water partition coefficient (Wildman–Crippen LogP) is 6.94. The molecule has 3 rings (SSSR count). The van der Waals surface area contributed by atoms with Gasteiger partial charge in [-0.3, -0.25) is 0 Å². The Morgan fingerprint density at radius 3 is 2.43 bits per heavy atom. The third kappa shape index (κ3) is 4.85. The van der Waals surface area contributed by atoms with Crippen molar-refractivity contribution >= 4 is 6.08 Å². The van der Waals surface area contributed by atoms with Gasteiger partial charge < -0.3 is 4.74 Å². The highest BCUT2D eigenvalue weighted by molar-refractivity contribution is 5.51. The largest absolute Gasteiger partial charge is 0.377 e. The van der Waals surface area contributed by atoms with Crippen molar-refractivity contribution in [1.29, 1.82) is 0 Å². The summed E-state index contributed by atoms with van der Waals surface area (Å²) in [5.41, 5.74) is 2.23. The van der Waals surface area contributed by atoms with E-state index in [1.165, 1.54) is 0 Å². The van der Waals surface area contributed by atoms with Crippen molar-refractivity contribution in [1.82, 2.24) is 0 Å². The van der Waals surface area contributed by atoms with Crippen LogP contribution < -0.4 is 0 Å². The molecule has 1 aliphatic carbocycles. The molecule has 0 heterocycles. The molecule has 0 saturated heterocycles. The van der Waals surface area contributed by atoms with Gasteiger partial charge in [-0.2, -0.15) is 0 Å². The van der Waals surface area contributed by atoms with Crippen LogP contribution in [0.25, 0.3) is 6.08 Å². The molecular weight excluding hydrogens is 361 g/mol. The van der Waals surface area contributed by atoms with Crippen molar-refractivity contribution in [2.24, 2.45) is 5.92 Å². The van der Waals surface area contributed by atoms with Gasteiger partial charge in [0, 0.05) is 17.7 Å². The van der Waals surface area contributed by atoms with E-state index >= 15 is 0 Å². The lowest BCUT2D eigenvalue weighted by Gasteiger charge is -2.27. The van der Waals surface area contributed by atoms with Crippen LogP contribution in [0.3, 0.4) is 0 Å². The van der Waals surface area contributed by atoms with E-state index in [1.54, 1.807) is 31.2 Å². The predicted molar refractivity (Wildman–Crippen MR) is 107 cm³/mol. The molecule has 2 aromatic rings. The van der Waals surface area contributed by atoms with Crippen LogP contribution in [-0.2, 0) is 11.3 Å². The van der Waals surface area contributed by atoms with Crippen molar-refractivity contribution in [3.05, 3.63) is 76.1 Å². The standard InChI is InChI=1S/C24H27F3O/c1-3-28-15-21-13-12-20(14-22(21)25)18-9-5-17(6-10-18)7-11-19-8-4-16(2)23(26)24(19)27/h4,7-8,11-14,17-18H,3,5-6,9-10,15H2,1-2H3/b11-7+. The van der Waals surface area contributed by atoms with Gasteiger partial charge in [-0.05, 0) is 68.6 Å². The van der Waals surface area contributed by atoms with Crippen LogP contribution >= 0.6 is 0 Å². The first-order valence-corrected chi connectivity index (χ1v) is 9.98. The fourth-order valence-corrected chi connectivity index (χ4v) is 3.82. The second-order valence-electron chi connectivity index (χ2n) is 7.56. The number of allylic oxidation sites excluding steroid dienone is 1. The fraction of sp³-hybridized carbons (Fsp3) is 0.417. The van der Waals surface area contributed by atoms with Crippen molar-refractivity contribution in [3.8, 4) is 0 Å². The summed E-state index contributed by atoms with van der Waals surface area (Å²) >= 11 is 0. The van der Waals surface area contributed by atoms with Gasteiger partial charge in [0.2, 0.25) is 0 Å². The van der Waals surface area contributed by atoms with E-state index in [1.807, 2.05) is 25.1 Å². The third-order valence-electron chi connectivity index (χ3n) is 5.64. The van der Waals surface area contributed by atoms with E-state index < -0.39 is 11.6 Å². The molecule has 0 N–H and O–H groups in total. The molecule has 0 amide bonds. The second kappa shape index (κ2) is 9.42. The number of rotatable bonds is 6. The van der Waals surface area contributed by atoms with Gasteiger partial charge in [-0.1, -0.05) is 36.4 Å². The monoisotopic (exact) mass is 388 g/mol. The topological polar surface area (TPSA) is 9.23 Å². The number of aryl methyl sites for hydroxylation is 1. The van der Waals surface area contributed by atoms with E-state index in [-0.39, 0.29) is 11.4 Å². The van der Waals surface area contributed by atoms with E-state index in [2.05, 4.69) is 0 Å². The summed E-state index contributed by atoms with van der Waals surface area (Å²) in [5, 5.41) is 0. The van der Waals surface area contributed by atoms with Gasteiger partial charge in [-0.15, -0.1) is 0 Å². The lowest BCUT2D eigenvalue weighted by molar-refractivity contribution is 0.131. The van der Waals surface area contributed by atoms with Crippen LogP contribution in [0.2, 0.25) is 0 Å².